The summed E-state index contributed by atoms with van der Waals surface area (Å²) >= 11 is 1.77. The van der Waals surface area contributed by atoms with Crippen molar-refractivity contribution in [3.8, 4) is 0 Å². The van der Waals surface area contributed by atoms with Crippen LogP contribution >= 0.6 is 11.8 Å². The Labute approximate surface area is 110 Å². The van der Waals surface area contributed by atoms with Crippen molar-refractivity contribution in [3.63, 3.8) is 0 Å². The van der Waals surface area contributed by atoms with Gasteiger partial charge in [0.15, 0.2) is 5.78 Å². The third-order valence-corrected chi connectivity index (χ3v) is 3.99. The van der Waals surface area contributed by atoms with E-state index < -0.39 is 0 Å². The maximum absolute atomic E-state index is 12.3. The summed E-state index contributed by atoms with van der Waals surface area (Å²) in [5.41, 5.74) is 1.62. The van der Waals surface area contributed by atoms with Crippen molar-refractivity contribution in [2.45, 2.75) is 6.10 Å². The Hall–Kier alpha value is -1.39. The highest BCUT2D eigenvalue weighted by Gasteiger charge is 2.23. The molecule has 1 atom stereocenters. The molecule has 0 saturated carbocycles. The van der Waals surface area contributed by atoms with Crippen LogP contribution in [0.1, 0.15) is 10.4 Å². The molecular formula is C14H13NO2S. The van der Waals surface area contributed by atoms with Gasteiger partial charge in [-0.2, -0.15) is 11.8 Å². The van der Waals surface area contributed by atoms with Gasteiger partial charge >= 0.3 is 0 Å². The molecule has 2 aromatic rings. The lowest BCUT2D eigenvalue weighted by Crippen LogP contribution is -2.31. The normalized spacial score (nSPS) is 19.9. The van der Waals surface area contributed by atoms with Crippen LogP contribution in [0.4, 0.5) is 0 Å². The molecule has 1 saturated heterocycles. The Bertz CT molecular complexity index is 579. The molecule has 1 aromatic carbocycles. The predicted octanol–water partition coefficient (Wildman–Crippen LogP) is 2.55. The van der Waals surface area contributed by atoms with Gasteiger partial charge in [-0.3, -0.25) is 9.78 Å². The van der Waals surface area contributed by atoms with Gasteiger partial charge in [-0.25, -0.2) is 0 Å². The molecule has 18 heavy (non-hydrogen) atoms. The maximum Gasteiger partial charge on any atom is 0.192 e. The van der Waals surface area contributed by atoms with E-state index >= 15 is 0 Å². The van der Waals surface area contributed by atoms with Crippen LogP contribution in [0, 0.1) is 0 Å². The second kappa shape index (κ2) is 5.08. The topological polar surface area (TPSA) is 39.2 Å². The summed E-state index contributed by atoms with van der Waals surface area (Å²) in [6, 6.07) is 9.46. The fourth-order valence-corrected chi connectivity index (χ4v) is 2.90. The maximum atomic E-state index is 12.3. The van der Waals surface area contributed by atoms with Gasteiger partial charge < -0.3 is 4.74 Å². The van der Waals surface area contributed by atoms with Crippen molar-refractivity contribution in [2.75, 3.05) is 18.1 Å². The SMILES string of the molecule is O=C(c1ccc2ncccc2c1)C1CSCCO1. The van der Waals surface area contributed by atoms with E-state index in [1.165, 1.54) is 0 Å². The Morgan fingerprint density at radius 2 is 2.33 bits per heavy atom. The van der Waals surface area contributed by atoms with Gasteiger partial charge in [-0.05, 0) is 24.3 Å². The minimum atomic E-state index is -0.294. The van der Waals surface area contributed by atoms with E-state index in [1.54, 1.807) is 18.0 Å². The summed E-state index contributed by atoms with van der Waals surface area (Å²) in [5.74, 6) is 1.81. The first-order valence-corrected chi connectivity index (χ1v) is 7.08. The molecule has 3 nitrogen and oxygen atoms in total. The van der Waals surface area contributed by atoms with Crippen molar-refractivity contribution < 1.29 is 9.53 Å². The van der Waals surface area contributed by atoms with E-state index in [4.69, 9.17) is 4.74 Å². The number of benzene rings is 1. The van der Waals surface area contributed by atoms with Gasteiger partial charge in [-0.15, -0.1) is 0 Å². The number of ether oxygens (including phenoxy) is 1. The number of ketones is 1. The molecular weight excluding hydrogens is 246 g/mol. The van der Waals surface area contributed by atoms with Gasteiger partial charge in [0.05, 0.1) is 12.1 Å². The van der Waals surface area contributed by atoms with Crippen LogP contribution in [-0.2, 0) is 4.74 Å². The zero-order valence-electron chi connectivity index (χ0n) is 9.83. The number of fused-ring (bicyclic) bond motifs is 1. The molecule has 1 unspecified atom stereocenters. The molecule has 0 N–H and O–H groups in total. The van der Waals surface area contributed by atoms with Crippen molar-refractivity contribution in [1.82, 2.24) is 4.98 Å². The van der Waals surface area contributed by atoms with Crippen molar-refractivity contribution >= 4 is 28.4 Å². The van der Waals surface area contributed by atoms with Crippen LogP contribution < -0.4 is 0 Å². The van der Waals surface area contributed by atoms with Crippen molar-refractivity contribution in [3.05, 3.63) is 42.1 Å². The Morgan fingerprint density at radius 3 is 3.17 bits per heavy atom. The van der Waals surface area contributed by atoms with Crippen LogP contribution in [-0.4, -0.2) is 35.0 Å². The summed E-state index contributed by atoms with van der Waals surface area (Å²) < 4.78 is 5.52. The Morgan fingerprint density at radius 1 is 1.39 bits per heavy atom. The fraction of sp³-hybridized carbons (Fsp3) is 0.286. The number of aromatic nitrogens is 1. The van der Waals surface area contributed by atoms with Gasteiger partial charge in [0.25, 0.3) is 0 Å². The number of hydrogen-bond donors (Lipinski definition) is 0. The van der Waals surface area contributed by atoms with Crippen LogP contribution in [0.5, 0.6) is 0 Å². The van der Waals surface area contributed by atoms with E-state index in [1.807, 2.05) is 30.3 Å². The number of carbonyl (C=O) groups is 1. The number of rotatable bonds is 2. The lowest BCUT2D eigenvalue weighted by molar-refractivity contribution is 0.0519. The highest BCUT2D eigenvalue weighted by molar-refractivity contribution is 7.99. The molecule has 0 spiro atoms. The molecule has 0 radical (unpaired) electrons. The molecule has 0 bridgehead atoms. The van der Waals surface area contributed by atoms with E-state index in [9.17, 15) is 4.79 Å². The average molecular weight is 259 g/mol. The molecule has 0 aliphatic carbocycles. The third kappa shape index (κ3) is 2.26. The number of nitrogens with zero attached hydrogens (tertiary/aromatic N) is 1. The summed E-state index contributed by atoms with van der Waals surface area (Å²) in [7, 11) is 0. The first-order chi connectivity index (χ1) is 8.84. The van der Waals surface area contributed by atoms with Gasteiger partial charge in [-0.1, -0.05) is 6.07 Å². The molecule has 3 rings (SSSR count). The summed E-state index contributed by atoms with van der Waals surface area (Å²) in [6.07, 6.45) is 1.46. The Kier molecular flexibility index (Phi) is 3.30. The van der Waals surface area contributed by atoms with Crippen LogP contribution in [0.3, 0.4) is 0 Å². The van der Waals surface area contributed by atoms with Crippen molar-refractivity contribution in [1.29, 1.82) is 0 Å². The molecule has 92 valence electrons. The smallest absolute Gasteiger partial charge is 0.192 e. The molecule has 1 aromatic heterocycles. The number of pyridine rings is 1. The zero-order valence-corrected chi connectivity index (χ0v) is 10.7. The van der Waals surface area contributed by atoms with Gasteiger partial charge in [0.1, 0.15) is 6.10 Å². The van der Waals surface area contributed by atoms with Crippen LogP contribution in [0.25, 0.3) is 10.9 Å². The monoisotopic (exact) mass is 259 g/mol. The van der Waals surface area contributed by atoms with Gasteiger partial charge in [0.2, 0.25) is 0 Å². The first-order valence-electron chi connectivity index (χ1n) is 5.93. The average Bonchev–Trinajstić information content (AvgIpc) is 2.47. The standard InChI is InChI=1S/C14H13NO2S/c16-14(13-9-18-7-6-17-13)11-3-4-12-10(8-11)2-1-5-15-12/h1-5,8,13H,6-7,9H2. The summed E-state index contributed by atoms with van der Waals surface area (Å²) in [4.78, 5) is 16.5. The summed E-state index contributed by atoms with van der Waals surface area (Å²) in [6.45, 7) is 0.663. The number of hydrogen-bond acceptors (Lipinski definition) is 4. The van der Waals surface area contributed by atoms with Crippen molar-refractivity contribution in [2.24, 2.45) is 0 Å². The molecule has 0 amide bonds. The number of thioether (sulfide) groups is 1. The Balaban J connectivity index is 1.91. The molecule has 1 aliphatic rings. The minimum absolute atomic E-state index is 0.0768. The van der Waals surface area contributed by atoms with Crippen LogP contribution in [0.15, 0.2) is 36.5 Å². The largest absolute Gasteiger partial charge is 0.368 e. The number of carbonyl (C=O) groups excluding carboxylic acids is 1. The van der Waals surface area contributed by atoms with E-state index in [0.29, 0.717) is 12.2 Å². The predicted molar refractivity (Wildman–Crippen MR) is 73.1 cm³/mol. The molecule has 2 heterocycles. The highest BCUT2D eigenvalue weighted by Crippen LogP contribution is 2.19. The summed E-state index contributed by atoms with van der Waals surface area (Å²) in [5, 5.41) is 0.992. The fourth-order valence-electron chi connectivity index (χ4n) is 2.05. The second-order valence-corrected chi connectivity index (χ2v) is 5.36. The van der Waals surface area contributed by atoms with Crippen LogP contribution in [0.2, 0.25) is 0 Å². The third-order valence-electron chi connectivity index (χ3n) is 3.00. The number of Topliss-reactive ketones (excluding diaryl/α,β-unsaturated/α-hetero) is 1. The van der Waals surface area contributed by atoms with E-state index in [2.05, 4.69) is 4.98 Å². The van der Waals surface area contributed by atoms with E-state index in [0.717, 1.165) is 22.4 Å². The first kappa shape index (κ1) is 11.7. The van der Waals surface area contributed by atoms with E-state index in [-0.39, 0.29) is 11.9 Å². The highest BCUT2D eigenvalue weighted by atomic mass is 32.2. The second-order valence-electron chi connectivity index (χ2n) is 4.21. The lowest BCUT2D eigenvalue weighted by Gasteiger charge is -2.21. The molecule has 1 fully saturated rings. The molecule has 4 heteroatoms. The quantitative estimate of drug-likeness (QED) is 0.777. The zero-order chi connectivity index (χ0) is 12.4. The van der Waals surface area contributed by atoms with Gasteiger partial charge in [0, 0.05) is 28.7 Å². The lowest BCUT2D eigenvalue weighted by atomic mass is 10.0. The molecule has 1 aliphatic heterocycles. The minimum Gasteiger partial charge on any atom is -0.368 e.